The summed E-state index contributed by atoms with van der Waals surface area (Å²) in [6.07, 6.45) is 12.9. The van der Waals surface area contributed by atoms with E-state index in [9.17, 15) is 9.59 Å². The third-order valence-corrected chi connectivity index (χ3v) is 5.86. The molecule has 2 rings (SSSR count). The van der Waals surface area contributed by atoms with Crippen molar-refractivity contribution in [3.63, 3.8) is 0 Å². The number of carbonyl (C=O) groups excluding carboxylic acids is 2. The fraction of sp³-hybridized carbons (Fsp3) is 0.444. The lowest BCUT2D eigenvalue weighted by molar-refractivity contribution is -0.121. The minimum Gasteiger partial charge on any atom is -0.422 e. The summed E-state index contributed by atoms with van der Waals surface area (Å²) in [5.41, 5.74) is 4.70. The number of hydrogen-bond donors (Lipinski definition) is 1. The van der Waals surface area contributed by atoms with Crippen molar-refractivity contribution in [1.29, 1.82) is 0 Å². The maximum Gasteiger partial charge on any atom is 0.343 e. The topological polar surface area (TPSA) is 67.8 Å². The lowest BCUT2D eigenvalue weighted by Gasteiger charge is -2.08. The summed E-state index contributed by atoms with van der Waals surface area (Å²) in [5, 5.41) is 4.06. The first-order valence-corrected chi connectivity index (χ1v) is 12.7. The highest BCUT2D eigenvalue weighted by molar-refractivity contribution is 9.10. The number of rotatable bonds is 14. The molecular weight excluding hydrogens is 480 g/mol. The van der Waals surface area contributed by atoms with Crippen LogP contribution in [0.1, 0.15) is 92.6 Å². The number of unbranched alkanes of at least 4 members (excludes halogenated alkanes) is 8. The van der Waals surface area contributed by atoms with E-state index in [1.54, 1.807) is 30.3 Å². The van der Waals surface area contributed by atoms with Gasteiger partial charge < -0.3 is 4.74 Å². The van der Waals surface area contributed by atoms with Gasteiger partial charge in [0.2, 0.25) is 5.91 Å². The van der Waals surface area contributed by atoms with Gasteiger partial charge in [-0.2, -0.15) is 5.10 Å². The van der Waals surface area contributed by atoms with Crippen molar-refractivity contribution in [3.05, 3.63) is 63.6 Å². The number of hydrazone groups is 1. The minimum atomic E-state index is -0.443. The Kier molecular flexibility index (Phi) is 12.5. The number of nitrogens with zero attached hydrogens (tertiary/aromatic N) is 1. The first-order valence-electron chi connectivity index (χ1n) is 11.9. The van der Waals surface area contributed by atoms with Crippen molar-refractivity contribution in [2.24, 2.45) is 5.10 Å². The monoisotopic (exact) mass is 514 g/mol. The second kappa shape index (κ2) is 15.4. The number of nitrogens with one attached hydrogen (secondary N) is 1. The highest BCUT2D eigenvalue weighted by atomic mass is 79.9. The minimum absolute atomic E-state index is 0.109. The van der Waals surface area contributed by atoms with E-state index >= 15 is 0 Å². The van der Waals surface area contributed by atoms with E-state index in [0.717, 1.165) is 22.9 Å². The zero-order valence-corrected chi connectivity index (χ0v) is 21.3. The number of hydrogen-bond acceptors (Lipinski definition) is 4. The van der Waals surface area contributed by atoms with Crippen molar-refractivity contribution in [2.45, 2.75) is 78.1 Å². The molecule has 0 saturated heterocycles. The molecule has 0 heterocycles. The summed E-state index contributed by atoms with van der Waals surface area (Å²) >= 11 is 3.42. The molecule has 0 saturated carbocycles. The molecular formula is C27H35BrN2O3. The largest absolute Gasteiger partial charge is 0.422 e. The van der Waals surface area contributed by atoms with Gasteiger partial charge in [0.05, 0.1) is 11.8 Å². The lowest BCUT2D eigenvalue weighted by Crippen LogP contribution is -2.17. The summed E-state index contributed by atoms with van der Waals surface area (Å²) in [7, 11) is 0. The molecule has 0 aliphatic heterocycles. The molecule has 0 radical (unpaired) electrons. The van der Waals surface area contributed by atoms with Gasteiger partial charge in [-0.05, 0) is 43.7 Å². The average molecular weight is 515 g/mol. The fourth-order valence-corrected chi connectivity index (χ4v) is 3.77. The Morgan fingerprint density at radius 2 is 1.58 bits per heavy atom. The highest BCUT2D eigenvalue weighted by Gasteiger charge is 2.11. The van der Waals surface area contributed by atoms with Crippen molar-refractivity contribution < 1.29 is 14.3 Å². The molecule has 0 atom stereocenters. The molecule has 0 fully saturated rings. The molecule has 1 N–H and O–H groups in total. The quantitative estimate of drug-likeness (QED) is 0.0941. The Bertz CT molecular complexity index is 910. The second-order valence-corrected chi connectivity index (χ2v) is 9.22. The molecule has 0 spiro atoms. The van der Waals surface area contributed by atoms with E-state index in [1.807, 2.05) is 19.1 Å². The van der Waals surface area contributed by atoms with Crippen LogP contribution in [0.4, 0.5) is 0 Å². The molecule has 1 amide bonds. The molecule has 0 aromatic heterocycles. The summed E-state index contributed by atoms with van der Waals surface area (Å²) in [4.78, 5) is 24.5. The van der Waals surface area contributed by atoms with Gasteiger partial charge in [0.15, 0.2) is 0 Å². The first kappa shape index (κ1) is 26.8. The van der Waals surface area contributed by atoms with Gasteiger partial charge in [-0.15, -0.1) is 0 Å². The zero-order valence-electron chi connectivity index (χ0n) is 19.7. The third-order valence-electron chi connectivity index (χ3n) is 5.36. The van der Waals surface area contributed by atoms with E-state index in [2.05, 4.69) is 33.4 Å². The number of carbonyl (C=O) groups is 2. The second-order valence-electron chi connectivity index (χ2n) is 8.31. The van der Waals surface area contributed by atoms with Crippen LogP contribution in [0.2, 0.25) is 0 Å². The van der Waals surface area contributed by atoms with Gasteiger partial charge in [0.25, 0.3) is 0 Å². The summed E-state index contributed by atoms with van der Waals surface area (Å²) in [5.74, 6) is -0.176. The van der Waals surface area contributed by atoms with Gasteiger partial charge >= 0.3 is 5.97 Å². The van der Waals surface area contributed by atoms with E-state index in [0.29, 0.717) is 23.3 Å². The number of esters is 1. The zero-order chi connectivity index (χ0) is 23.9. The number of amides is 1. The SMILES string of the molecule is CCCCCCCCCCCC(=O)N/N=C/c1cc(Br)ccc1OC(=O)c1ccc(C)cc1. The van der Waals surface area contributed by atoms with Crippen molar-refractivity contribution in [2.75, 3.05) is 0 Å². The van der Waals surface area contributed by atoms with Gasteiger partial charge in [-0.3, -0.25) is 4.79 Å². The van der Waals surface area contributed by atoms with Crippen molar-refractivity contribution in [3.8, 4) is 5.75 Å². The Morgan fingerprint density at radius 1 is 0.939 bits per heavy atom. The van der Waals surface area contributed by atoms with Gasteiger partial charge in [0, 0.05) is 16.5 Å². The maximum atomic E-state index is 12.5. The van der Waals surface area contributed by atoms with E-state index in [1.165, 1.54) is 51.2 Å². The smallest absolute Gasteiger partial charge is 0.343 e. The molecule has 0 bridgehead atoms. The van der Waals surface area contributed by atoms with Crippen LogP contribution in [-0.4, -0.2) is 18.1 Å². The standard InChI is InChI=1S/C27H35BrN2O3/c1-3-4-5-6-7-8-9-10-11-12-26(31)30-29-20-23-19-24(28)17-18-25(23)33-27(32)22-15-13-21(2)14-16-22/h13-20H,3-12H2,1-2H3,(H,30,31)/b29-20+. The van der Waals surface area contributed by atoms with Crippen LogP contribution in [0.15, 0.2) is 52.0 Å². The summed E-state index contributed by atoms with van der Waals surface area (Å²) in [6, 6.07) is 12.5. The van der Waals surface area contributed by atoms with E-state index in [-0.39, 0.29) is 5.91 Å². The molecule has 5 nitrogen and oxygen atoms in total. The molecule has 0 aliphatic rings. The number of halogens is 1. The molecule has 2 aromatic rings. The Morgan fingerprint density at radius 3 is 2.24 bits per heavy atom. The fourth-order valence-electron chi connectivity index (χ4n) is 3.39. The van der Waals surface area contributed by atoms with Crippen LogP contribution in [0.5, 0.6) is 5.75 Å². The summed E-state index contributed by atoms with van der Waals surface area (Å²) < 4.78 is 6.37. The molecule has 2 aromatic carbocycles. The van der Waals surface area contributed by atoms with Crippen LogP contribution in [0.3, 0.4) is 0 Å². The van der Waals surface area contributed by atoms with Crippen LogP contribution in [0.25, 0.3) is 0 Å². The van der Waals surface area contributed by atoms with Crippen LogP contribution < -0.4 is 10.2 Å². The van der Waals surface area contributed by atoms with Gasteiger partial charge in [-0.25, -0.2) is 10.2 Å². The number of benzene rings is 2. The molecule has 0 aliphatic carbocycles. The summed E-state index contributed by atoms with van der Waals surface area (Å²) in [6.45, 7) is 4.19. The van der Waals surface area contributed by atoms with Crippen LogP contribution in [-0.2, 0) is 4.79 Å². The van der Waals surface area contributed by atoms with Gasteiger partial charge in [-0.1, -0.05) is 91.9 Å². The van der Waals surface area contributed by atoms with Crippen molar-refractivity contribution in [1.82, 2.24) is 5.43 Å². The predicted molar refractivity (Wildman–Crippen MR) is 138 cm³/mol. The first-order chi connectivity index (χ1) is 16.0. The molecule has 0 unspecified atom stereocenters. The highest BCUT2D eigenvalue weighted by Crippen LogP contribution is 2.23. The average Bonchev–Trinajstić information content (AvgIpc) is 2.80. The van der Waals surface area contributed by atoms with Crippen molar-refractivity contribution >= 4 is 34.0 Å². The Labute approximate surface area is 206 Å². The predicted octanol–water partition coefficient (Wildman–Crippen LogP) is 7.35. The lowest BCUT2D eigenvalue weighted by atomic mass is 10.1. The molecule has 6 heteroatoms. The van der Waals surface area contributed by atoms with E-state index in [4.69, 9.17) is 4.74 Å². The Hall–Kier alpha value is -2.47. The maximum absolute atomic E-state index is 12.5. The van der Waals surface area contributed by atoms with Crippen LogP contribution in [0, 0.1) is 6.92 Å². The van der Waals surface area contributed by atoms with E-state index < -0.39 is 5.97 Å². The van der Waals surface area contributed by atoms with Crippen LogP contribution >= 0.6 is 15.9 Å². The molecule has 33 heavy (non-hydrogen) atoms. The van der Waals surface area contributed by atoms with Gasteiger partial charge in [0.1, 0.15) is 5.75 Å². The number of ether oxygens (including phenoxy) is 1. The normalized spacial score (nSPS) is 11.0. The Balaban J connectivity index is 1.77. The number of aryl methyl sites for hydroxylation is 1. The molecule has 178 valence electrons. The third kappa shape index (κ3) is 10.8.